The van der Waals surface area contributed by atoms with E-state index < -0.39 is 0 Å². The Balaban J connectivity index is 1.27. The van der Waals surface area contributed by atoms with Gasteiger partial charge in [-0.3, -0.25) is 9.69 Å². The fourth-order valence-corrected chi connectivity index (χ4v) is 7.58. The van der Waals surface area contributed by atoms with Crippen LogP contribution in [0, 0.1) is 18.3 Å². The molecular weight excluding hydrogens is 528 g/mol. The first kappa shape index (κ1) is 28.8. The zero-order valence-electron chi connectivity index (χ0n) is 25.4. The highest BCUT2D eigenvalue weighted by Crippen LogP contribution is 2.58. The van der Waals surface area contributed by atoms with Gasteiger partial charge in [-0.2, -0.15) is 4.98 Å². The van der Waals surface area contributed by atoms with Gasteiger partial charge in [-0.25, -0.2) is 4.98 Å². The average Bonchev–Trinajstić information content (AvgIpc) is 3.52. The van der Waals surface area contributed by atoms with Gasteiger partial charge >= 0.3 is 0 Å². The van der Waals surface area contributed by atoms with Crippen molar-refractivity contribution in [1.82, 2.24) is 15.1 Å². The Bertz CT molecular complexity index is 1400. The lowest BCUT2D eigenvalue weighted by atomic mass is 9.51. The number of fused-ring (bicyclic) bond motifs is 3. The molecule has 0 unspecified atom stereocenters. The number of ether oxygens (including phenoxy) is 1. The molecule has 8 heteroatoms. The molecule has 2 heterocycles. The molecule has 0 atom stereocenters. The Hall–Kier alpha value is -3.26. The zero-order valence-corrected chi connectivity index (χ0v) is 25.4. The quantitative estimate of drug-likeness (QED) is 0.319. The number of methoxy groups -OCH3 is 1. The number of benzene rings is 1. The van der Waals surface area contributed by atoms with Gasteiger partial charge in [-0.05, 0) is 111 Å². The number of aromatic nitrogens is 3. The van der Waals surface area contributed by atoms with E-state index in [4.69, 9.17) is 14.2 Å². The predicted molar refractivity (Wildman–Crippen MR) is 161 cm³/mol. The third-order valence-corrected chi connectivity index (χ3v) is 10.4. The molecule has 1 aromatic carbocycles. The third kappa shape index (κ3) is 5.46. The van der Waals surface area contributed by atoms with Crippen LogP contribution in [0.3, 0.4) is 0 Å². The van der Waals surface area contributed by atoms with E-state index in [9.17, 15) is 9.90 Å². The Morgan fingerprint density at radius 3 is 2.40 bits per heavy atom. The summed E-state index contributed by atoms with van der Waals surface area (Å²) in [4.78, 5) is 25.5. The van der Waals surface area contributed by atoms with Crippen LogP contribution in [-0.4, -0.2) is 45.9 Å². The number of hydrogen-bond donors (Lipinski definition) is 1. The van der Waals surface area contributed by atoms with Crippen molar-refractivity contribution in [1.29, 1.82) is 0 Å². The predicted octanol–water partition coefficient (Wildman–Crippen LogP) is 6.75. The molecule has 4 fully saturated rings. The first-order valence-corrected chi connectivity index (χ1v) is 15.7. The minimum atomic E-state index is -0.304. The summed E-state index contributed by atoms with van der Waals surface area (Å²) in [6, 6.07) is 10.5. The van der Waals surface area contributed by atoms with E-state index in [2.05, 4.69) is 35.3 Å². The van der Waals surface area contributed by atoms with Gasteiger partial charge in [0, 0.05) is 30.1 Å². The number of pyridine rings is 1. The highest BCUT2D eigenvalue weighted by atomic mass is 16.5. The number of rotatable bonds is 8. The summed E-state index contributed by atoms with van der Waals surface area (Å²) in [7, 11) is 1.73. The summed E-state index contributed by atoms with van der Waals surface area (Å²) < 4.78 is 11.1. The van der Waals surface area contributed by atoms with Crippen molar-refractivity contribution >= 4 is 11.7 Å². The number of carbonyl (C=O) groups excluding carboxylic acids is 1. The van der Waals surface area contributed by atoms with Crippen molar-refractivity contribution in [3.05, 3.63) is 53.5 Å². The fourth-order valence-electron chi connectivity index (χ4n) is 7.58. The number of nitrogens with zero attached hydrogens (tertiary/aromatic N) is 4. The van der Waals surface area contributed by atoms with E-state index in [-0.39, 0.29) is 34.7 Å². The van der Waals surface area contributed by atoms with Gasteiger partial charge in [0.05, 0.1) is 13.2 Å². The van der Waals surface area contributed by atoms with E-state index >= 15 is 0 Å². The van der Waals surface area contributed by atoms with Gasteiger partial charge in [0.2, 0.25) is 5.91 Å². The van der Waals surface area contributed by atoms with E-state index in [1.807, 2.05) is 30.9 Å². The van der Waals surface area contributed by atoms with Gasteiger partial charge < -0.3 is 14.4 Å². The smallest absolute Gasteiger partial charge is 0.258 e. The lowest BCUT2D eigenvalue weighted by Crippen LogP contribution is -2.52. The minimum absolute atomic E-state index is 0.0695. The Morgan fingerprint density at radius 2 is 1.79 bits per heavy atom. The first-order valence-electron chi connectivity index (χ1n) is 15.7. The highest BCUT2D eigenvalue weighted by Gasteiger charge is 2.50. The molecule has 0 aliphatic heterocycles. The van der Waals surface area contributed by atoms with Crippen LogP contribution in [0.5, 0.6) is 5.75 Å². The van der Waals surface area contributed by atoms with Crippen LogP contribution in [0.4, 0.5) is 5.82 Å². The van der Waals surface area contributed by atoms with Crippen LogP contribution < -0.4 is 9.64 Å². The number of aliphatic hydroxyl groups excluding tert-OH is 1. The van der Waals surface area contributed by atoms with Gasteiger partial charge in [0.25, 0.3) is 5.89 Å². The van der Waals surface area contributed by atoms with E-state index in [1.165, 1.54) is 11.1 Å². The summed E-state index contributed by atoms with van der Waals surface area (Å²) in [5.41, 5.74) is 3.67. The topological polar surface area (TPSA) is 102 Å². The molecule has 2 aromatic heterocycles. The van der Waals surface area contributed by atoms with Crippen molar-refractivity contribution in [3.8, 4) is 17.2 Å². The summed E-state index contributed by atoms with van der Waals surface area (Å²) in [5.74, 6) is 2.89. The number of aryl methyl sites for hydroxylation is 1. The van der Waals surface area contributed by atoms with Crippen LogP contribution in [0.25, 0.3) is 11.5 Å². The summed E-state index contributed by atoms with van der Waals surface area (Å²) in [5, 5.41) is 14.2. The molecule has 4 saturated carbocycles. The molecule has 4 aliphatic carbocycles. The minimum Gasteiger partial charge on any atom is -0.496 e. The molecule has 1 amide bonds. The van der Waals surface area contributed by atoms with Gasteiger partial charge in [0.15, 0.2) is 5.82 Å². The molecule has 224 valence electrons. The summed E-state index contributed by atoms with van der Waals surface area (Å²) in [6.07, 6.45) is 10.9. The normalized spacial score (nSPS) is 27.3. The number of carbonyl (C=O) groups is 1. The van der Waals surface area contributed by atoms with E-state index in [0.717, 1.165) is 49.8 Å². The van der Waals surface area contributed by atoms with E-state index in [0.29, 0.717) is 49.8 Å². The molecule has 2 bridgehead atoms. The fraction of sp³-hybridized carbons (Fsp3) is 0.588. The van der Waals surface area contributed by atoms with Crippen LogP contribution >= 0.6 is 0 Å². The van der Waals surface area contributed by atoms with Crippen LogP contribution in [0.1, 0.15) is 101 Å². The molecule has 1 N–H and O–H groups in total. The maximum Gasteiger partial charge on any atom is 0.258 e. The molecule has 7 rings (SSSR count). The zero-order chi connectivity index (χ0) is 29.5. The average molecular weight is 573 g/mol. The second kappa shape index (κ2) is 11.4. The van der Waals surface area contributed by atoms with Crippen molar-refractivity contribution in [2.75, 3.05) is 18.6 Å². The van der Waals surface area contributed by atoms with Crippen molar-refractivity contribution in [2.24, 2.45) is 11.3 Å². The molecule has 8 nitrogen and oxygen atoms in total. The number of anilines is 1. The monoisotopic (exact) mass is 572 g/mol. The van der Waals surface area contributed by atoms with Crippen LogP contribution in [0.2, 0.25) is 0 Å². The van der Waals surface area contributed by atoms with E-state index in [1.54, 1.807) is 13.3 Å². The maximum atomic E-state index is 14.2. The molecule has 4 aliphatic rings. The van der Waals surface area contributed by atoms with Gasteiger partial charge in [-0.1, -0.05) is 31.1 Å². The summed E-state index contributed by atoms with van der Waals surface area (Å²) in [6.45, 7) is 6.86. The molecule has 3 aromatic rings. The Morgan fingerprint density at radius 1 is 1.07 bits per heavy atom. The SMILES string of the molecule is COc1ccc(C23CCC(CN(C(=O)C4CCC(O)CC4)c4cc(-c5nc(C(C)C)no5)ccn4)(CC2)CC3)cc1C. The molecule has 0 spiro atoms. The molecule has 42 heavy (non-hydrogen) atoms. The maximum absolute atomic E-state index is 14.2. The largest absolute Gasteiger partial charge is 0.496 e. The highest BCUT2D eigenvalue weighted by molar-refractivity contribution is 5.94. The molecule has 0 radical (unpaired) electrons. The molecular formula is C34H44N4O4. The lowest BCUT2D eigenvalue weighted by molar-refractivity contribution is -0.124. The van der Waals surface area contributed by atoms with Crippen LogP contribution in [-0.2, 0) is 10.2 Å². The number of amides is 1. The summed E-state index contributed by atoms with van der Waals surface area (Å²) >= 11 is 0. The second-order valence-corrected chi connectivity index (χ2v) is 13.4. The third-order valence-electron chi connectivity index (χ3n) is 10.4. The Kier molecular flexibility index (Phi) is 7.85. The van der Waals surface area contributed by atoms with Gasteiger partial charge in [-0.15, -0.1) is 0 Å². The Labute approximate surface area is 248 Å². The number of aliphatic hydroxyl groups is 1. The number of hydrogen-bond acceptors (Lipinski definition) is 7. The van der Waals surface area contributed by atoms with Crippen molar-refractivity contribution in [3.63, 3.8) is 0 Å². The van der Waals surface area contributed by atoms with Gasteiger partial charge in [0.1, 0.15) is 11.6 Å². The van der Waals surface area contributed by atoms with Crippen molar-refractivity contribution < 1.29 is 19.2 Å². The van der Waals surface area contributed by atoms with Crippen LogP contribution in [0.15, 0.2) is 41.1 Å². The second-order valence-electron chi connectivity index (χ2n) is 13.4. The first-order chi connectivity index (χ1) is 20.2. The molecule has 0 saturated heterocycles. The van der Waals surface area contributed by atoms with Crippen molar-refractivity contribution in [2.45, 2.75) is 102 Å². The lowest BCUT2D eigenvalue weighted by Gasteiger charge is -2.55. The standard InChI is InChI=1S/C34H44N4O4/c1-22(2)30-36-31(42-37-30)25-11-18-35-29(20-25)38(32(40)24-5-8-27(39)9-6-24)21-33-12-15-34(16-13-33,17-14-33)26-7-10-28(41-4)23(3)19-26/h7,10-11,18-20,22,24,27,39H,5-6,8-9,12-17,21H2,1-4H3.